The van der Waals surface area contributed by atoms with Crippen LogP contribution >= 0.6 is 7.82 Å². The van der Waals surface area contributed by atoms with E-state index in [0.29, 0.717) is 22.8 Å². The number of ether oxygens (including phenoxy) is 2. The molecule has 0 saturated heterocycles. The molecule has 0 saturated carbocycles. The second-order valence-electron chi connectivity index (χ2n) is 7.00. The molecule has 2 rings (SSSR count). The van der Waals surface area contributed by atoms with E-state index in [1.807, 2.05) is 21.1 Å². The number of hydrogen-bond donors (Lipinski definition) is 1. The van der Waals surface area contributed by atoms with Gasteiger partial charge in [-0.1, -0.05) is 12.1 Å². The van der Waals surface area contributed by atoms with E-state index in [4.69, 9.17) is 18.5 Å². The molecule has 28 heavy (non-hydrogen) atoms. The van der Waals surface area contributed by atoms with E-state index >= 15 is 0 Å². The molecule has 1 N–H and O–H groups in total. The molecule has 2 heterocycles. The first-order chi connectivity index (χ1) is 13.2. The number of rotatable bonds is 12. The Labute approximate surface area is 165 Å². The maximum absolute atomic E-state index is 12.1. The summed E-state index contributed by atoms with van der Waals surface area (Å²) >= 11 is 0. The molecule has 0 aliphatic heterocycles. The van der Waals surface area contributed by atoms with Gasteiger partial charge in [0.15, 0.2) is 6.10 Å². The number of hydrogen-bond acceptors (Lipinski definition) is 7. The highest BCUT2D eigenvalue weighted by atomic mass is 31.2. The topological polar surface area (TPSA) is 100 Å². The summed E-state index contributed by atoms with van der Waals surface area (Å²) in [6.07, 6.45) is 2.49. The maximum Gasteiger partial charge on any atom is 0.472 e. The van der Waals surface area contributed by atoms with Crippen molar-refractivity contribution in [2.45, 2.75) is 6.10 Å². The largest absolute Gasteiger partial charge is 0.474 e. The molecule has 1 unspecified atom stereocenters. The molecule has 0 spiro atoms. The molecule has 10 heteroatoms. The van der Waals surface area contributed by atoms with Gasteiger partial charge < -0.3 is 18.9 Å². The molecule has 0 aliphatic rings. The van der Waals surface area contributed by atoms with E-state index in [1.54, 1.807) is 48.8 Å². The number of phosphoric ester groups is 1. The average molecular weight is 412 g/mol. The highest BCUT2D eigenvalue weighted by Gasteiger charge is 2.26. The lowest BCUT2D eigenvalue weighted by molar-refractivity contribution is -0.870. The number of aromatic nitrogens is 2. The van der Waals surface area contributed by atoms with Crippen LogP contribution in [0.5, 0.6) is 11.8 Å². The molecule has 154 valence electrons. The summed E-state index contributed by atoms with van der Waals surface area (Å²) < 4.78 is 34.1. The fourth-order valence-corrected chi connectivity index (χ4v) is 2.70. The van der Waals surface area contributed by atoms with Gasteiger partial charge in [-0.3, -0.25) is 9.05 Å². The van der Waals surface area contributed by atoms with Gasteiger partial charge in [-0.2, -0.15) is 0 Å². The molecule has 0 bridgehead atoms. The van der Waals surface area contributed by atoms with E-state index < -0.39 is 13.9 Å². The van der Waals surface area contributed by atoms with Gasteiger partial charge in [0.2, 0.25) is 11.8 Å². The minimum Gasteiger partial charge on any atom is -0.474 e. The quantitative estimate of drug-likeness (QED) is 0.418. The number of nitrogens with zero attached hydrogens (tertiary/aromatic N) is 3. The highest BCUT2D eigenvalue weighted by Crippen LogP contribution is 2.43. The van der Waals surface area contributed by atoms with Gasteiger partial charge in [-0.05, 0) is 12.1 Å². The Kier molecular flexibility index (Phi) is 8.35. The van der Waals surface area contributed by atoms with Crippen LogP contribution in [0.25, 0.3) is 0 Å². The van der Waals surface area contributed by atoms with Crippen molar-refractivity contribution in [3.63, 3.8) is 0 Å². The van der Waals surface area contributed by atoms with E-state index in [-0.39, 0.29) is 19.8 Å². The van der Waals surface area contributed by atoms with Gasteiger partial charge in [-0.15, -0.1) is 0 Å². The first-order valence-corrected chi connectivity index (χ1v) is 10.3. The van der Waals surface area contributed by atoms with Crippen LogP contribution in [0.15, 0.2) is 48.8 Å². The zero-order valence-electron chi connectivity index (χ0n) is 16.3. The molecule has 2 aromatic rings. The Morgan fingerprint density at radius 3 is 2.21 bits per heavy atom. The molecule has 2 atom stereocenters. The highest BCUT2D eigenvalue weighted by molar-refractivity contribution is 7.47. The second kappa shape index (κ2) is 10.5. The molecule has 0 aromatic carbocycles. The predicted octanol–water partition coefficient (Wildman–Crippen LogP) is 2.14. The van der Waals surface area contributed by atoms with Crippen molar-refractivity contribution >= 4 is 7.82 Å². The maximum atomic E-state index is 12.1. The molecule has 0 amide bonds. The molecular weight excluding hydrogens is 385 g/mol. The monoisotopic (exact) mass is 412 g/mol. The minimum absolute atomic E-state index is 0.0481. The van der Waals surface area contributed by atoms with Crippen LogP contribution in [0, 0.1) is 0 Å². The van der Waals surface area contributed by atoms with Crippen LogP contribution in [0.1, 0.15) is 0 Å². The van der Waals surface area contributed by atoms with Crippen LogP contribution in [-0.2, 0) is 13.6 Å². The summed E-state index contributed by atoms with van der Waals surface area (Å²) in [4.78, 5) is 18.0. The van der Waals surface area contributed by atoms with Crippen molar-refractivity contribution in [1.29, 1.82) is 0 Å². The fraction of sp³-hybridized carbons (Fsp3) is 0.444. The third-order valence-corrected chi connectivity index (χ3v) is 4.40. The second-order valence-corrected chi connectivity index (χ2v) is 8.45. The van der Waals surface area contributed by atoms with Gasteiger partial charge >= 0.3 is 7.82 Å². The van der Waals surface area contributed by atoms with Crippen LogP contribution in [0.3, 0.4) is 0 Å². The number of likely N-dealkylation sites (N-methyl/N-ethyl adjacent to an activating group) is 1. The summed E-state index contributed by atoms with van der Waals surface area (Å²) in [5.41, 5.74) is 0. The molecular formula is C18H27N3O6P+. The van der Waals surface area contributed by atoms with Crippen LogP contribution in [-0.4, -0.2) is 73.0 Å². The van der Waals surface area contributed by atoms with Gasteiger partial charge in [0, 0.05) is 24.5 Å². The van der Waals surface area contributed by atoms with Crippen molar-refractivity contribution in [3.8, 4) is 11.8 Å². The van der Waals surface area contributed by atoms with Crippen molar-refractivity contribution in [2.24, 2.45) is 0 Å². The smallest absolute Gasteiger partial charge is 0.472 e. The SMILES string of the molecule is C[N+](C)(C)CCOP(=O)(O)OC[C@@H](COc1ccccn1)Oc1ccccn1. The lowest BCUT2D eigenvalue weighted by atomic mass is 10.4. The Bertz CT molecular complexity index is 742. The standard InChI is InChI=1S/C18H26N3O6P/c1-21(2,3)12-13-25-28(22,23)26-15-16(27-18-9-5-7-11-20-18)14-24-17-8-4-6-10-19-17/h4-11,16H,12-15H2,1-3H3/p+1/t16-/m1/s1. The van der Waals surface area contributed by atoms with E-state index in [2.05, 4.69) is 9.97 Å². The Balaban J connectivity index is 1.91. The van der Waals surface area contributed by atoms with Crippen molar-refractivity contribution in [2.75, 3.05) is 47.5 Å². The molecule has 0 fully saturated rings. The first-order valence-electron chi connectivity index (χ1n) is 8.77. The van der Waals surface area contributed by atoms with Crippen LogP contribution < -0.4 is 9.47 Å². The summed E-state index contributed by atoms with van der Waals surface area (Å²) in [6, 6.07) is 10.5. The first kappa shape index (κ1) is 22.3. The summed E-state index contributed by atoms with van der Waals surface area (Å²) in [6.45, 7) is 0.478. The lowest BCUT2D eigenvalue weighted by Crippen LogP contribution is -2.37. The number of pyridine rings is 2. The third-order valence-electron chi connectivity index (χ3n) is 3.42. The Morgan fingerprint density at radius 2 is 1.64 bits per heavy atom. The van der Waals surface area contributed by atoms with Crippen molar-refractivity contribution in [3.05, 3.63) is 48.8 Å². The summed E-state index contributed by atoms with van der Waals surface area (Å²) in [5.74, 6) is 0.753. The third kappa shape index (κ3) is 9.25. The number of quaternary nitrogens is 1. The van der Waals surface area contributed by atoms with Gasteiger partial charge in [-0.25, -0.2) is 14.5 Å². The van der Waals surface area contributed by atoms with E-state index in [0.717, 1.165) is 0 Å². The van der Waals surface area contributed by atoms with Gasteiger partial charge in [0.05, 0.1) is 27.7 Å². The number of phosphoric acid groups is 1. The summed E-state index contributed by atoms with van der Waals surface area (Å²) in [7, 11) is 1.66. The lowest BCUT2D eigenvalue weighted by Gasteiger charge is -2.24. The van der Waals surface area contributed by atoms with Crippen molar-refractivity contribution in [1.82, 2.24) is 9.97 Å². The normalized spacial score (nSPS) is 14.9. The van der Waals surface area contributed by atoms with E-state index in [9.17, 15) is 9.46 Å². The zero-order valence-corrected chi connectivity index (χ0v) is 17.2. The molecule has 2 aromatic heterocycles. The van der Waals surface area contributed by atoms with Gasteiger partial charge in [0.1, 0.15) is 19.8 Å². The minimum atomic E-state index is -4.21. The summed E-state index contributed by atoms with van der Waals surface area (Å²) in [5, 5.41) is 0. The average Bonchev–Trinajstić information content (AvgIpc) is 2.64. The fourth-order valence-electron chi connectivity index (χ4n) is 1.96. The molecule has 9 nitrogen and oxygen atoms in total. The predicted molar refractivity (Wildman–Crippen MR) is 103 cm³/mol. The van der Waals surface area contributed by atoms with Crippen LogP contribution in [0.2, 0.25) is 0 Å². The van der Waals surface area contributed by atoms with Gasteiger partial charge in [0.25, 0.3) is 0 Å². The Morgan fingerprint density at radius 1 is 1.00 bits per heavy atom. The molecule has 0 aliphatic carbocycles. The van der Waals surface area contributed by atoms with Crippen molar-refractivity contribution < 1.29 is 32.5 Å². The molecule has 0 radical (unpaired) electrons. The van der Waals surface area contributed by atoms with E-state index in [1.165, 1.54) is 0 Å². The van der Waals surface area contributed by atoms with Crippen LogP contribution in [0.4, 0.5) is 0 Å². The Hall–Kier alpha value is -2.03. The zero-order chi connectivity index (χ0) is 20.5.